The third-order valence-electron chi connectivity index (χ3n) is 4.87. The molecule has 0 N–H and O–H groups in total. The molecule has 2 rings (SSSR count). The van der Waals surface area contributed by atoms with Crippen molar-refractivity contribution in [2.75, 3.05) is 6.61 Å². The third kappa shape index (κ3) is 5.47. The van der Waals surface area contributed by atoms with Crippen molar-refractivity contribution in [3.05, 3.63) is 34.4 Å². The summed E-state index contributed by atoms with van der Waals surface area (Å²) in [6, 6.07) is 4.03. The molecule has 0 amide bonds. The van der Waals surface area contributed by atoms with Crippen molar-refractivity contribution in [2.24, 2.45) is 11.8 Å². The van der Waals surface area contributed by atoms with Gasteiger partial charge >= 0.3 is 15.1 Å². The highest BCUT2D eigenvalue weighted by atomic mass is 31.0. The summed E-state index contributed by atoms with van der Waals surface area (Å²) < 4.78 is 13.4. The van der Waals surface area contributed by atoms with Crippen LogP contribution in [0.1, 0.15) is 66.1 Å². The molecule has 0 aliphatic heterocycles. The van der Waals surface area contributed by atoms with Crippen LogP contribution in [0.15, 0.2) is 12.1 Å². The van der Waals surface area contributed by atoms with Crippen molar-refractivity contribution in [3.8, 4) is 0 Å². The summed E-state index contributed by atoms with van der Waals surface area (Å²) in [5, 5.41) is 0. The molecule has 1 fully saturated rings. The Labute approximate surface area is 153 Å². The van der Waals surface area contributed by atoms with Crippen molar-refractivity contribution in [1.29, 1.82) is 0 Å². The van der Waals surface area contributed by atoms with Gasteiger partial charge in [-0.2, -0.15) is 0 Å². The number of benzene rings is 1. The Morgan fingerprint density at radius 3 is 2.08 bits per heavy atom. The van der Waals surface area contributed by atoms with Crippen LogP contribution in [-0.2, 0) is 14.1 Å². The molecule has 1 aliphatic rings. The highest BCUT2D eigenvalue weighted by Gasteiger charge is 2.38. The Kier molecular flexibility index (Phi) is 8.99. The monoisotopic (exact) mass is 365 g/mol. The summed E-state index contributed by atoms with van der Waals surface area (Å²) in [6.07, 6.45) is 5.28. The van der Waals surface area contributed by atoms with Gasteiger partial charge in [0.15, 0.2) is 5.78 Å². The van der Waals surface area contributed by atoms with Gasteiger partial charge in [0.25, 0.3) is 0 Å². The van der Waals surface area contributed by atoms with Crippen molar-refractivity contribution >= 4 is 20.9 Å². The van der Waals surface area contributed by atoms with E-state index < -0.39 is 5.92 Å². The lowest BCUT2D eigenvalue weighted by atomic mass is 9.75. The molecule has 0 heterocycles. The first-order valence-electron chi connectivity index (χ1n) is 8.98. The number of rotatable bonds is 5. The van der Waals surface area contributed by atoms with E-state index in [4.69, 9.17) is 9.30 Å². The molecule has 0 bridgehead atoms. The van der Waals surface area contributed by atoms with Crippen LogP contribution in [0.5, 0.6) is 0 Å². The Bertz CT molecular complexity index is 583. The van der Waals surface area contributed by atoms with Crippen molar-refractivity contribution in [2.45, 2.75) is 59.8 Å². The van der Waals surface area contributed by atoms with E-state index in [-0.39, 0.29) is 17.7 Å². The predicted molar refractivity (Wildman–Crippen MR) is 102 cm³/mol. The minimum Gasteiger partial charge on any atom is -0.465 e. The molecule has 0 aromatic heterocycles. The first-order chi connectivity index (χ1) is 12.0. The fourth-order valence-electron chi connectivity index (χ4n) is 3.94. The molecule has 1 aromatic rings. The zero-order valence-electron chi connectivity index (χ0n) is 15.8. The Morgan fingerprint density at radius 1 is 1.08 bits per heavy atom. The number of ketones is 1. The third-order valence-corrected chi connectivity index (χ3v) is 4.87. The van der Waals surface area contributed by atoms with Crippen LogP contribution in [-0.4, -0.2) is 18.4 Å². The van der Waals surface area contributed by atoms with Gasteiger partial charge in [0, 0.05) is 5.56 Å². The predicted octanol–water partition coefficient (Wildman–Crippen LogP) is 4.76. The molecule has 1 aromatic carbocycles. The highest BCUT2D eigenvalue weighted by Crippen LogP contribution is 2.34. The summed E-state index contributed by atoms with van der Waals surface area (Å²) >= 11 is 0. The summed E-state index contributed by atoms with van der Waals surface area (Å²) in [6.45, 7) is 8.05. The maximum Gasteiger partial charge on any atom is 0.317 e. The van der Waals surface area contributed by atoms with Gasteiger partial charge in [-0.15, -0.1) is 0 Å². The second kappa shape index (κ2) is 10.5. The van der Waals surface area contributed by atoms with E-state index in [1.54, 1.807) is 6.92 Å². The smallest absolute Gasteiger partial charge is 0.317 e. The zero-order valence-corrected chi connectivity index (χ0v) is 16.9. The Balaban J connectivity index is 0.00000151. The first kappa shape index (κ1) is 21.5. The number of hydrogen-bond acceptors (Lipinski definition) is 4. The molecule has 2 atom stereocenters. The first-order valence-corrected chi connectivity index (χ1v) is 9.45. The largest absolute Gasteiger partial charge is 0.465 e. The lowest BCUT2D eigenvalue weighted by Gasteiger charge is -2.28. The van der Waals surface area contributed by atoms with Gasteiger partial charge in [-0.25, -0.2) is 0 Å². The van der Waals surface area contributed by atoms with Gasteiger partial charge < -0.3 is 4.74 Å². The number of hydrogen-bond donors (Lipinski definition) is 0. The van der Waals surface area contributed by atoms with Gasteiger partial charge in [0.05, 0.1) is 6.61 Å². The van der Waals surface area contributed by atoms with E-state index in [1.165, 1.54) is 15.5 Å². The second-order valence-electron chi connectivity index (χ2n) is 6.77. The Morgan fingerprint density at radius 2 is 1.60 bits per heavy atom. The SMILES string of the molecule is CCOC(=O)C(C(=O)c1c(C)cc(C)cc1C)C1CCCCC1.O=[PH2+]. The highest BCUT2D eigenvalue weighted by molar-refractivity contribution is 7.00. The molecule has 0 spiro atoms. The number of esters is 1. The summed E-state index contributed by atoms with van der Waals surface area (Å²) in [7, 11) is 1.17. The summed E-state index contributed by atoms with van der Waals surface area (Å²) in [5.74, 6) is -0.917. The van der Waals surface area contributed by atoms with Crippen LogP contribution in [0, 0.1) is 32.6 Å². The minimum atomic E-state index is -0.643. The molecule has 4 nitrogen and oxygen atoms in total. The maximum absolute atomic E-state index is 13.2. The molecular weight excluding hydrogens is 335 g/mol. The quantitative estimate of drug-likeness (QED) is 0.327. The fourth-order valence-corrected chi connectivity index (χ4v) is 3.94. The molecule has 1 saturated carbocycles. The van der Waals surface area contributed by atoms with Crippen LogP contribution in [0.3, 0.4) is 0 Å². The number of aryl methyl sites for hydroxylation is 3. The van der Waals surface area contributed by atoms with E-state index in [0.717, 1.165) is 42.4 Å². The number of ether oxygens (including phenoxy) is 1. The van der Waals surface area contributed by atoms with E-state index in [1.807, 2.05) is 32.9 Å². The van der Waals surface area contributed by atoms with Crippen LogP contribution in [0.2, 0.25) is 0 Å². The Hall–Kier alpha value is -1.54. The molecule has 25 heavy (non-hydrogen) atoms. The van der Waals surface area contributed by atoms with E-state index in [2.05, 4.69) is 0 Å². The standard InChI is InChI=1S/C20H28O3.H2OP/c1-5-23-20(22)18(16-9-7-6-8-10-16)19(21)17-14(3)11-13(2)12-15(17)4;1-2/h11-12,16,18H,5-10H2,1-4H3;2H2/q;+1. The van der Waals surface area contributed by atoms with Crippen molar-refractivity contribution in [1.82, 2.24) is 0 Å². The van der Waals surface area contributed by atoms with Gasteiger partial charge in [-0.1, -0.05) is 41.5 Å². The van der Waals surface area contributed by atoms with E-state index in [0.29, 0.717) is 12.2 Å². The van der Waals surface area contributed by atoms with E-state index in [9.17, 15) is 9.59 Å². The average Bonchev–Trinajstić information content (AvgIpc) is 2.57. The topological polar surface area (TPSA) is 60.4 Å². The molecule has 138 valence electrons. The van der Waals surface area contributed by atoms with Gasteiger partial charge in [-0.3, -0.25) is 9.59 Å². The summed E-state index contributed by atoms with van der Waals surface area (Å²) in [4.78, 5) is 25.7. The molecule has 1 aliphatic carbocycles. The normalized spacial score (nSPS) is 15.7. The number of Topliss-reactive ketones (excluding diaryl/α,β-unsaturated/α-hetero) is 1. The fraction of sp³-hybridized carbons (Fsp3) is 0.600. The average molecular weight is 365 g/mol. The molecule has 5 heteroatoms. The molecule has 2 unspecified atom stereocenters. The van der Waals surface area contributed by atoms with Crippen LogP contribution in [0.4, 0.5) is 0 Å². The van der Waals surface area contributed by atoms with Crippen LogP contribution in [0.25, 0.3) is 0 Å². The van der Waals surface area contributed by atoms with Crippen molar-refractivity contribution < 1.29 is 18.9 Å². The van der Waals surface area contributed by atoms with Gasteiger partial charge in [-0.05, 0) is 57.6 Å². The minimum absolute atomic E-state index is 0.0506. The lowest BCUT2D eigenvalue weighted by Crippen LogP contribution is -2.35. The second-order valence-corrected chi connectivity index (χ2v) is 6.77. The zero-order chi connectivity index (χ0) is 19.0. The van der Waals surface area contributed by atoms with Crippen LogP contribution < -0.4 is 0 Å². The molecule has 0 saturated heterocycles. The van der Waals surface area contributed by atoms with Gasteiger partial charge in [0.2, 0.25) is 0 Å². The maximum atomic E-state index is 13.2. The van der Waals surface area contributed by atoms with E-state index >= 15 is 0 Å². The molecule has 0 radical (unpaired) electrons. The lowest BCUT2D eigenvalue weighted by molar-refractivity contribution is -0.148. The van der Waals surface area contributed by atoms with Gasteiger partial charge in [0.1, 0.15) is 5.92 Å². The summed E-state index contributed by atoms with van der Waals surface area (Å²) in [5.41, 5.74) is 3.76. The van der Waals surface area contributed by atoms with Crippen molar-refractivity contribution in [3.63, 3.8) is 0 Å². The number of carbonyl (C=O) groups is 2. The number of carbonyl (C=O) groups excluding carboxylic acids is 2. The molecular formula is C20H30O4P+. The van der Waals surface area contributed by atoms with Crippen LogP contribution >= 0.6 is 9.12 Å².